The Kier molecular flexibility index (Phi) is 5.01. The number of hydrogen-bond acceptors (Lipinski definition) is 4. The van der Waals surface area contributed by atoms with Crippen molar-refractivity contribution < 1.29 is 14.6 Å². The Hall–Kier alpha value is -2.53. The predicted octanol–water partition coefficient (Wildman–Crippen LogP) is 2.97. The van der Waals surface area contributed by atoms with Crippen LogP contribution in [0.15, 0.2) is 48.5 Å². The number of fused-ring (bicyclic) bond motifs is 1. The molecule has 0 aromatic heterocycles. The minimum atomic E-state index is -0.591. The quantitative estimate of drug-likeness (QED) is 0.857. The van der Waals surface area contributed by atoms with Crippen molar-refractivity contribution in [1.29, 1.82) is 0 Å². The molecular weight excluding hydrogens is 304 g/mol. The first-order valence-electron chi connectivity index (χ1n) is 8.22. The van der Waals surface area contributed by atoms with Gasteiger partial charge >= 0.3 is 0 Å². The summed E-state index contributed by atoms with van der Waals surface area (Å²) in [5, 5.41) is 13.3. The van der Waals surface area contributed by atoms with Crippen LogP contribution in [0.4, 0.5) is 11.4 Å². The lowest BCUT2D eigenvalue weighted by Crippen LogP contribution is -2.26. The maximum absolute atomic E-state index is 11.4. The summed E-state index contributed by atoms with van der Waals surface area (Å²) >= 11 is 0. The number of para-hydroxylation sites is 1. The molecule has 1 heterocycles. The lowest BCUT2D eigenvalue weighted by molar-refractivity contribution is -0.118. The van der Waals surface area contributed by atoms with Crippen LogP contribution in [0.3, 0.4) is 0 Å². The van der Waals surface area contributed by atoms with Crippen LogP contribution in [0.5, 0.6) is 5.75 Å². The minimum Gasteiger partial charge on any atom is -0.482 e. The summed E-state index contributed by atoms with van der Waals surface area (Å²) in [5.74, 6) is 0.473. The van der Waals surface area contributed by atoms with Crippen molar-refractivity contribution in [2.75, 3.05) is 29.9 Å². The number of hydrogen-bond donors (Lipinski definition) is 2. The van der Waals surface area contributed by atoms with Crippen LogP contribution < -0.4 is 15.0 Å². The van der Waals surface area contributed by atoms with E-state index in [1.165, 1.54) is 0 Å². The van der Waals surface area contributed by atoms with Crippen LogP contribution in [-0.2, 0) is 4.79 Å². The van der Waals surface area contributed by atoms with Crippen LogP contribution in [-0.4, -0.2) is 30.7 Å². The van der Waals surface area contributed by atoms with Crippen molar-refractivity contribution >= 4 is 17.3 Å². The zero-order valence-corrected chi connectivity index (χ0v) is 13.7. The molecule has 1 aliphatic rings. The highest BCUT2D eigenvalue weighted by Crippen LogP contribution is 2.31. The largest absolute Gasteiger partial charge is 0.482 e. The third kappa shape index (κ3) is 3.68. The fraction of sp³-hybridized carbons (Fsp3) is 0.316. The first kappa shape index (κ1) is 16.3. The second kappa shape index (κ2) is 7.36. The van der Waals surface area contributed by atoms with Crippen molar-refractivity contribution in [3.8, 4) is 5.75 Å². The summed E-state index contributed by atoms with van der Waals surface area (Å²) < 4.78 is 5.34. The number of ether oxygens (including phenoxy) is 1. The van der Waals surface area contributed by atoms with Gasteiger partial charge in [-0.25, -0.2) is 0 Å². The van der Waals surface area contributed by atoms with Crippen LogP contribution in [0.2, 0.25) is 0 Å². The average Bonchev–Trinajstić information content (AvgIpc) is 2.62. The molecule has 0 aliphatic carbocycles. The maximum atomic E-state index is 11.4. The third-order valence-electron chi connectivity index (χ3n) is 4.20. The van der Waals surface area contributed by atoms with E-state index in [1.54, 1.807) is 12.1 Å². The van der Waals surface area contributed by atoms with Crippen LogP contribution in [0.25, 0.3) is 0 Å². The van der Waals surface area contributed by atoms with E-state index >= 15 is 0 Å². The number of amides is 1. The highest BCUT2D eigenvalue weighted by molar-refractivity contribution is 5.95. The number of nitrogens with one attached hydrogen (secondary N) is 1. The van der Waals surface area contributed by atoms with Gasteiger partial charge in [0.2, 0.25) is 0 Å². The molecule has 1 atom stereocenters. The second-order valence-electron chi connectivity index (χ2n) is 5.81. The number of benzene rings is 2. The van der Waals surface area contributed by atoms with E-state index < -0.39 is 6.10 Å². The number of carbonyl (C=O) groups is 1. The van der Waals surface area contributed by atoms with Gasteiger partial charge in [0.1, 0.15) is 5.75 Å². The number of aliphatic hydroxyl groups is 1. The molecule has 126 valence electrons. The summed E-state index contributed by atoms with van der Waals surface area (Å²) in [6.07, 6.45) is 0.0166. The van der Waals surface area contributed by atoms with E-state index in [9.17, 15) is 9.90 Å². The Bertz CT molecular complexity index is 703. The van der Waals surface area contributed by atoms with E-state index in [4.69, 9.17) is 4.74 Å². The van der Waals surface area contributed by atoms with Crippen molar-refractivity contribution in [3.63, 3.8) is 0 Å². The molecule has 0 spiro atoms. The monoisotopic (exact) mass is 326 g/mol. The van der Waals surface area contributed by atoms with E-state index in [0.717, 1.165) is 24.3 Å². The highest BCUT2D eigenvalue weighted by atomic mass is 16.5. The van der Waals surface area contributed by atoms with Gasteiger partial charge in [0, 0.05) is 18.8 Å². The zero-order valence-electron chi connectivity index (χ0n) is 13.7. The van der Waals surface area contributed by atoms with Crippen molar-refractivity contribution in [3.05, 3.63) is 54.1 Å². The summed E-state index contributed by atoms with van der Waals surface area (Å²) in [4.78, 5) is 13.6. The molecule has 0 radical (unpaired) electrons. The number of rotatable bonds is 6. The molecular formula is C19H22N2O3. The molecule has 1 unspecified atom stereocenters. The van der Waals surface area contributed by atoms with Crippen molar-refractivity contribution in [2.45, 2.75) is 19.4 Å². The predicted molar refractivity (Wildman–Crippen MR) is 94.5 cm³/mol. The van der Waals surface area contributed by atoms with E-state index in [1.807, 2.05) is 24.3 Å². The van der Waals surface area contributed by atoms with Gasteiger partial charge in [-0.05, 0) is 43.2 Å². The van der Waals surface area contributed by atoms with Gasteiger partial charge in [0.25, 0.3) is 5.91 Å². The summed E-state index contributed by atoms with van der Waals surface area (Å²) in [7, 11) is 0. The molecule has 2 aromatic carbocycles. The standard InChI is InChI=1S/C19H22N2O3/c1-2-21(15-6-4-3-5-7-15)11-10-17(22)14-8-9-18-16(12-14)20-19(23)13-24-18/h3-9,12,17,22H,2,10-11,13H2,1H3,(H,20,23). The Morgan fingerprint density at radius 2 is 2.04 bits per heavy atom. The first-order chi connectivity index (χ1) is 11.7. The van der Waals surface area contributed by atoms with Gasteiger partial charge in [0.05, 0.1) is 11.8 Å². The Balaban J connectivity index is 1.65. The van der Waals surface area contributed by atoms with E-state index in [0.29, 0.717) is 17.9 Å². The molecule has 5 nitrogen and oxygen atoms in total. The van der Waals surface area contributed by atoms with Crippen molar-refractivity contribution in [1.82, 2.24) is 0 Å². The van der Waals surface area contributed by atoms with Gasteiger partial charge in [0.15, 0.2) is 6.61 Å². The first-order valence-corrected chi connectivity index (χ1v) is 8.22. The lowest BCUT2D eigenvalue weighted by Gasteiger charge is -2.25. The zero-order chi connectivity index (χ0) is 16.9. The fourth-order valence-corrected chi connectivity index (χ4v) is 2.86. The molecule has 1 amide bonds. The fourth-order valence-electron chi connectivity index (χ4n) is 2.86. The minimum absolute atomic E-state index is 0.0391. The number of carbonyl (C=O) groups excluding carboxylic acids is 1. The molecule has 1 aliphatic heterocycles. The van der Waals surface area contributed by atoms with Gasteiger partial charge in [-0.15, -0.1) is 0 Å². The van der Waals surface area contributed by atoms with E-state index in [2.05, 4.69) is 29.3 Å². The van der Waals surface area contributed by atoms with Gasteiger partial charge in [-0.1, -0.05) is 24.3 Å². The molecule has 3 rings (SSSR count). The van der Waals surface area contributed by atoms with Crippen LogP contribution in [0, 0.1) is 0 Å². The number of aliphatic hydroxyl groups excluding tert-OH is 1. The van der Waals surface area contributed by atoms with Gasteiger partial charge < -0.3 is 20.1 Å². The van der Waals surface area contributed by atoms with Crippen LogP contribution in [0.1, 0.15) is 25.0 Å². The van der Waals surface area contributed by atoms with Gasteiger partial charge in [-0.3, -0.25) is 4.79 Å². The molecule has 2 N–H and O–H groups in total. The highest BCUT2D eigenvalue weighted by Gasteiger charge is 2.18. The Labute approximate surface area is 141 Å². The third-order valence-corrected chi connectivity index (χ3v) is 4.20. The van der Waals surface area contributed by atoms with Gasteiger partial charge in [-0.2, -0.15) is 0 Å². The van der Waals surface area contributed by atoms with E-state index in [-0.39, 0.29) is 12.5 Å². The molecule has 0 saturated carbocycles. The lowest BCUT2D eigenvalue weighted by atomic mass is 10.0. The van der Waals surface area contributed by atoms with Crippen LogP contribution >= 0.6 is 0 Å². The molecule has 0 saturated heterocycles. The topological polar surface area (TPSA) is 61.8 Å². The second-order valence-corrected chi connectivity index (χ2v) is 5.81. The number of anilines is 2. The molecule has 24 heavy (non-hydrogen) atoms. The SMILES string of the molecule is CCN(CCC(O)c1ccc2c(c1)NC(=O)CO2)c1ccccc1. The smallest absolute Gasteiger partial charge is 0.262 e. The van der Waals surface area contributed by atoms with Crippen molar-refractivity contribution in [2.24, 2.45) is 0 Å². The average molecular weight is 326 g/mol. The normalized spacial score (nSPS) is 14.3. The maximum Gasteiger partial charge on any atom is 0.262 e. The summed E-state index contributed by atoms with van der Waals surface area (Å²) in [6.45, 7) is 3.77. The summed E-state index contributed by atoms with van der Waals surface area (Å²) in [6, 6.07) is 15.6. The molecule has 2 aromatic rings. The molecule has 0 fully saturated rings. The number of nitrogens with zero attached hydrogens (tertiary/aromatic N) is 1. The Morgan fingerprint density at radius 1 is 1.25 bits per heavy atom. The summed E-state index contributed by atoms with van der Waals surface area (Å²) in [5.41, 5.74) is 2.56. The Morgan fingerprint density at radius 3 is 2.79 bits per heavy atom. The molecule has 5 heteroatoms. The molecule has 0 bridgehead atoms.